The fourth-order valence-electron chi connectivity index (χ4n) is 2.42. The van der Waals surface area contributed by atoms with Gasteiger partial charge in [0.15, 0.2) is 0 Å². The zero-order valence-corrected chi connectivity index (χ0v) is 15.5. The number of nitrogens with one attached hydrogen (secondary N) is 1. The van der Waals surface area contributed by atoms with E-state index < -0.39 is 28.3 Å². The van der Waals surface area contributed by atoms with Crippen LogP contribution in [0.1, 0.15) is 27.7 Å². The maximum atomic E-state index is 12.4. The first-order valence-electron chi connectivity index (χ1n) is 7.99. The molecule has 2 heterocycles. The molecule has 0 aliphatic carbocycles. The van der Waals surface area contributed by atoms with Gasteiger partial charge >= 0.3 is 7.12 Å². The highest BCUT2D eigenvalue weighted by molar-refractivity contribution is 7.92. The summed E-state index contributed by atoms with van der Waals surface area (Å²) in [6.45, 7) is 7.90. The molecule has 1 aliphatic rings. The number of aromatic nitrogens is 1. The lowest BCUT2D eigenvalue weighted by atomic mass is 9.79. The van der Waals surface area contributed by atoms with Crippen molar-refractivity contribution < 1.29 is 17.7 Å². The van der Waals surface area contributed by atoms with Crippen molar-refractivity contribution in [3.63, 3.8) is 0 Å². The first-order chi connectivity index (χ1) is 11.6. The molecule has 1 N–H and O–H groups in total. The second-order valence-corrected chi connectivity index (χ2v) is 8.69. The van der Waals surface area contributed by atoms with Crippen LogP contribution in [0.2, 0.25) is 0 Å². The van der Waals surface area contributed by atoms with Gasteiger partial charge in [-0.05, 0) is 57.4 Å². The predicted molar refractivity (Wildman–Crippen MR) is 97.2 cm³/mol. The number of benzene rings is 1. The lowest BCUT2D eigenvalue weighted by Gasteiger charge is -2.32. The minimum Gasteiger partial charge on any atom is -0.399 e. The van der Waals surface area contributed by atoms with Gasteiger partial charge in [-0.1, -0.05) is 12.1 Å². The van der Waals surface area contributed by atoms with Crippen LogP contribution in [0.4, 0.5) is 5.69 Å². The molecule has 8 heteroatoms. The molecule has 0 atom stereocenters. The summed E-state index contributed by atoms with van der Waals surface area (Å²) >= 11 is 0. The molecule has 1 saturated heterocycles. The van der Waals surface area contributed by atoms with Crippen LogP contribution in [0.3, 0.4) is 0 Å². The fourth-order valence-corrected chi connectivity index (χ4v) is 3.46. The molecular weight excluding hydrogens is 339 g/mol. The maximum absolute atomic E-state index is 12.4. The molecule has 1 aliphatic heterocycles. The summed E-state index contributed by atoms with van der Waals surface area (Å²) in [5.74, 6) is 0. The van der Waals surface area contributed by atoms with Crippen molar-refractivity contribution in [1.82, 2.24) is 4.98 Å². The van der Waals surface area contributed by atoms with Crippen molar-refractivity contribution in [3.05, 3.63) is 48.8 Å². The van der Waals surface area contributed by atoms with Gasteiger partial charge in [0.25, 0.3) is 10.0 Å². The van der Waals surface area contributed by atoms with Crippen LogP contribution in [0, 0.1) is 0 Å². The van der Waals surface area contributed by atoms with E-state index in [9.17, 15) is 8.42 Å². The fraction of sp³-hybridized carbons (Fsp3) is 0.353. The highest BCUT2D eigenvalue weighted by atomic mass is 32.2. The predicted octanol–water partition coefficient (Wildman–Crippen LogP) is 2.18. The Labute approximate surface area is 148 Å². The third-order valence-electron chi connectivity index (χ3n) is 4.63. The van der Waals surface area contributed by atoms with Gasteiger partial charge in [-0.2, -0.15) is 0 Å². The summed E-state index contributed by atoms with van der Waals surface area (Å²) < 4.78 is 39.3. The van der Waals surface area contributed by atoms with Crippen molar-refractivity contribution in [2.45, 2.75) is 43.8 Å². The van der Waals surface area contributed by atoms with Crippen molar-refractivity contribution in [1.29, 1.82) is 0 Å². The molecule has 25 heavy (non-hydrogen) atoms. The zero-order valence-electron chi connectivity index (χ0n) is 14.7. The summed E-state index contributed by atoms with van der Waals surface area (Å²) in [5.41, 5.74) is 0.311. The number of hydrogen-bond acceptors (Lipinski definition) is 5. The quantitative estimate of drug-likeness (QED) is 0.846. The number of nitrogens with zero attached hydrogens (tertiary/aromatic N) is 1. The van der Waals surface area contributed by atoms with Gasteiger partial charge < -0.3 is 9.31 Å². The average Bonchev–Trinajstić information content (AvgIpc) is 2.76. The van der Waals surface area contributed by atoms with E-state index in [0.29, 0.717) is 5.69 Å². The van der Waals surface area contributed by atoms with Crippen molar-refractivity contribution in [2.75, 3.05) is 4.72 Å². The van der Waals surface area contributed by atoms with Crippen LogP contribution < -0.4 is 10.2 Å². The first-order valence-corrected chi connectivity index (χ1v) is 9.47. The highest BCUT2D eigenvalue weighted by Gasteiger charge is 2.51. The van der Waals surface area contributed by atoms with E-state index in [0.717, 1.165) is 5.46 Å². The van der Waals surface area contributed by atoms with Crippen LogP contribution in [0.15, 0.2) is 53.7 Å². The van der Waals surface area contributed by atoms with Crippen molar-refractivity contribution in [3.8, 4) is 0 Å². The van der Waals surface area contributed by atoms with E-state index in [-0.39, 0.29) is 4.90 Å². The molecule has 0 bridgehead atoms. The smallest absolute Gasteiger partial charge is 0.399 e. The normalized spacial score (nSPS) is 19.0. The molecule has 1 aromatic heterocycles. The van der Waals surface area contributed by atoms with Crippen LogP contribution in [-0.4, -0.2) is 31.7 Å². The third kappa shape index (κ3) is 3.56. The van der Waals surface area contributed by atoms with Crippen LogP contribution in [0.25, 0.3) is 0 Å². The summed E-state index contributed by atoms with van der Waals surface area (Å²) in [6.07, 6.45) is 3.04. The Morgan fingerprint density at radius 2 is 1.60 bits per heavy atom. The average molecular weight is 360 g/mol. The van der Waals surface area contributed by atoms with Crippen LogP contribution in [0.5, 0.6) is 0 Å². The van der Waals surface area contributed by atoms with E-state index in [1.165, 1.54) is 6.20 Å². The number of sulfonamides is 1. The van der Waals surface area contributed by atoms with E-state index in [2.05, 4.69) is 9.71 Å². The Morgan fingerprint density at radius 1 is 1.00 bits per heavy atom. The van der Waals surface area contributed by atoms with E-state index in [1.54, 1.807) is 42.6 Å². The Bertz CT molecular complexity index is 836. The van der Waals surface area contributed by atoms with Crippen LogP contribution in [-0.2, 0) is 19.3 Å². The first kappa shape index (κ1) is 17.9. The Hall–Kier alpha value is -1.90. The largest absolute Gasteiger partial charge is 0.494 e. The lowest BCUT2D eigenvalue weighted by molar-refractivity contribution is 0.00578. The van der Waals surface area contributed by atoms with Gasteiger partial charge in [0.05, 0.1) is 28.0 Å². The molecule has 0 unspecified atom stereocenters. The van der Waals surface area contributed by atoms with Gasteiger partial charge in [0.2, 0.25) is 0 Å². The third-order valence-corrected chi connectivity index (χ3v) is 6.03. The number of rotatable bonds is 4. The monoisotopic (exact) mass is 360 g/mol. The number of pyridine rings is 1. The Kier molecular flexibility index (Phi) is 4.39. The molecule has 1 aromatic carbocycles. The second kappa shape index (κ2) is 6.12. The zero-order chi connectivity index (χ0) is 18.3. The molecule has 3 rings (SSSR count). The van der Waals surface area contributed by atoms with Crippen molar-refractivity contribution in [2.24, 2.45) is 0 Å². The Balaban J connectivity index is 1.79. The maximum Gasteiger partial charge on any atom is 0.494 e. The van der Waals surface area contributed by atoms with Crippen molar-refractivity contribution >= 4 is 28.3 Å². The molecule has 0 radical (unpaired) electrons. The van der Waals surface area contributed by atoms with Crippen LogP contribution >= 0.6 is 0 Å². The standard InChI is InChI=1S/C17H21BN2O4S/c1-16(2)17(3,4)24-18(23-16)13-7-9-15(10-8-13)25(21,22)20-14-6-5-11-19-12-14/h5-12,20H,1-4H3. The van der Waals surface area contributed by atoms with Gasteiger partial charge in [-0.15, -0.1) is 0 Å². The Morgan fingerprint density at radius 3 is 2.12 bits per heavy atom. The summed E-state index contributed by atoms with van der Waals surface area (Å²) in [7, 11) is -4.19. The highest BCUT2D eigenvalue weighted by Crippen LogP contribution is 2.36. The van der Waals surface area contributed by atoms with Gasteiger partial charge in [-0.25, -0.2) is 8.42 Å². The topological polar surface area (TPSA) is 77.5 Å². The summed E-state index contributed by atoms with van der Waals surface area (Å²) in [6, 6.07) is 9.81. The molecule has 132 valence electrons. The van der Waals surface area contributed by atoms with Gasteiger partial charge in [0, 0.05) is 6.20 Å². The second-order valence-electron chi connectivity index (χ2n) is 7.00. The minimum absolute atomic E-state index is 0.164. The van der Waals surface area contributed by atoms with E-state index in [4.69, 9.17) is 9.31 Å². The van der Waals surface area contributed by atoms with Gasteiger partial charge in [0.1, 0.15) is 0 Å². The molecule has 2 aromatic rings. The summed E-state index contributed by atoms with van der Waals surface area (Å²) in [4.78, 5) is 4.06. The SMILES string of the molecule is CC1(C)OB(c2ccc(S(=O)(=O)Nc3cccnc3)cc2)OC1(C)C. The van der Waals surface area contributed by atoms with Gasteiger partial charge in [-0.3, -0.25) is 9.71 Å². The summed E-state index contributed by atoms with van der Waals surface area (Å²) in [5, 5.41) is 0. The van der Waals surface area contributed by atoms with E-state index >= 15 is 0 Å². The molecule has 0 amide bonds. The minimum atomic E-state index is -3.67. The molecular formula is C17H21BN2O4S. The molecule has 0 spiro atoms. The lowest BCUT2D eigenvalue weighted by Crippen LogP contribution is -2.41. The molecule has 0 saturated carbocycles. The number of hydrogen-bond donors (Lipinski definition) is 1. The molecule has 6 nitrogen and oxygen atoms in total. The van der Waals surface area contributed by atoms with E-state index in [1.807, 2.05) is 27.7 Å². The number of anilines is 1. The molecule has 1 fully saturated rings.